The first-order valence-corrected chi connectivity index (χ1v) is 4.79. The lowest BCUT2D eigenvalue weighted by atomic mass is 9.66. The molecule has 3 heteroatoms. The molecule has 1 fully saturated rings. The van der Waals surface area contributed by atoms with E-state index in [1.54, 1.807) is 0 Å². The van der Waals surface area contributed by atoms with Gasteiger partial charge in [0, 0.05) is 18.7 Å². The van der Waals surface area contributed by atoms with Gasteiger partial charge in [-0.25, -0.2) is 0 Å². The van der Waals surface area contributed by atoms with Crippen molar-refractivity contribution in [3.63, 3.8) is 0 Å². The average Bonchev–Trinajstić information content (AvgIpc) is 2.30. The van der Waals surface area contributed by atoms with Crippen LogP contribution in [0.5, 0.6) is 0 Å². The molecule has 3 nitrogen and oxygen atoms in total. The molecule has 0 unspecified atom stereocenters. The number of aromatic nitrogens is 2. The average molecular weight is 180 g/mol. The van der Waals surface area contributed by atoms with E-state index in [1.165, 1.54) is 12.0 Å². The number of aryl methyl sites for hydroxylation is 2. The zero-order chi connectivity index (χ0) is 9.47. The van der Waals surface area contributed by atoms with Crippen molar-refractivity contribution in [2.45, 2.75) is 31.6 Å². The molecule has 1 heterocycles. The summed E-state index contributed by atoms with van der Waals surface area (Å²) < 4.78 is 1.83. The molecule has 0 spiro atoms. The van der Waals surface area contributed by atoms with Crippen LogP contribution in [0.1, 0.15) is 30.5 Å². The predicted molar refractivity (Wildman–Crippen MR) is 50.6 cm³/mol. The van der Waals surface area contributed by atoms with Crippen LogP contribution in [-0.4, -0.2) is 21.5 Å². The summed E-state index contributed by atoms with van der Waals surface area (Å²) in [4.78, 5) is 0. The topological polar surface area (TPSA) is 38.0 Å². The van der Waals surface area contributed by atoms with Crippen molar-refractivity contribution in [1.82, 2.24) is 9.78 Å². The van der Waals surface area contributed by atoms with Crippen LogP contribution < -0.4 is 0 Å². The Labute approximate surface area is 78.4 Å². The molecule has 72 valence electrons. The minimum Gasteiger partial charge on any atom is -0.395 e. The van der Waals surface area contributed by atoms with E-state index in [1.807, 2.05) is 17.9 Å². The van der Waals surface area contributed by atoms with Gasteiger partial charge in [-0.05, 0) is 25.3 Å². The molecule has 1 aromatic rings. The van der Waals surface area contributed by atoms with E-state index >= 15 is 0 Å². The van der Waals surface area contributed by atoms with Gasteiger partial charge in [0.2, 0.25) is 0 Å². The monoisotopic (exact) mass is 180 g/mol. The molecule has 13 heavy (non-hydrogen) atoms. The molecule has 0 radical (unpaired) electrons. The first-order chi connectivity index (χ1) is 6.18. The van der Waals surface area contributed by atoms with Gasteiger partial charge in [0.15, 0.2) is 0 Å². The lowest BCUT2D eigenvalue weighted by molar-refractivity contribution is 0.115. The first-order valence-electron chi connectivity index (χ1n) is 4.79. The van der Waals surface area contributed by atoms with Crippen LogP contribution in [0.15, 0.2) is 6.20 Å². The van der Waals surface area contributed by atoms with Crippen molar-refractivity contribution in [2.75, 3.05) is 6.61 Å². The van der Waals surface area contributed by atoms with Crippen LogP contribution in [0.2, 0.25) is 0 Å². The van der Waals surface area contributed by atoms with E-state index in [2.05, 4.69) is 12.0 Å². The van der Waals surface area contributed by atoms with Gasteiger partial charge in [0.25, 0.3) is 0 Å². The van der Waals surface area contributed by atoms with Gasteiger partial charge in [-0.2, -0.15) is 5.10 Å². The van der Waals surface area contributed by atoms with Crippen molar-refractivity contribution >= 4 is 0 Å². The smallest absolute Gasteiger partial charge is 0.0738 e. The van der Waals surface area contributed by atoms with Gasteiger partial charge in [0.05, 0.1) is 12.3 Å². The Balaban J connectivity index is 2.37. The maximum atomic E-state index is 9.37. The summed E-state index contributed by atoms with van der Waals surface area (Å²) in [5.41, 5.74) is 2.30. The van der Waals surface area contributed by atoms with Crippen LogP contribution in [-0.2, 0) is 12.5 Å². The Morgan fingerprint density at radius 3 is 2.62 bits per heavy atom. The highest BCUT2D eigenvalue weighted by molar-refractivity contribution is 5.27. The summed E-state index contributed by atoms with van der Waals surface area (Å²) in [5.74, 6) is 0. The molecule has 1 saturated carbocycles. The summed E-state index contributed by atoms with van der Waals surface area (Å²) in [5, 5.41) is 13.8. The number of aliphatic hydroxyl groups is 1. The summed E-state index contributed by atoms with van der Waals surface area (Å²) in [6, 6.07) is 0. The van der Waals surface area contributed by atoms with Crippen molar-refractivity contribution in [3.8, 4) is 0 Å². The summed E-state index contributed by atoms with van der Waals surface area (Å²) in [6.45, 7) is 2.31. The second-order valence-electron chi connectivity index (χ2n) is 4.13. The van der Waals surface area contributed by atoms with Crippen LogP contribution >= 0.6 is 0 Å². The van der Waals surface area contributed by atoms with E-state index in [9.17, 15) is 5.11 Å². The predicted octanol–water partition coefficient (Wildman–Crippen LogP) is 1.14. The number of nitrogens with zero attached hydrogens (tertiary/aromatic N) is 2. The quantitative estimate of drug-likeness (QED) is 0.741. The second-order valence-corrected chi connectivity index (χ2v) is 4.13. The molecule has 1 aliphatic rings. The van der Waals surface area contributed by atoms with Crippen LogP contribution in [0.25, 0.3) is 0 Å². The Bertz CT molecular complexity index is 307. The molecule has 0 amide bonds. The Morgan fingerprint density at radius 2 is 2.31 bits per heavy atom. The number of rotatable bonds is 2. The molecule has 0 saturated heterocycles. The van der Waals surface area contributed by atoms with E-state index in [0.29, 0.717) is 0 Å². The van der Waals surface area contributed by atoms with Gasteiger partial charge < -0.3 is 5.11 Å². The van der Waals surface area contributed by atoms with Gasteiger partial charge >= 0.3 is 0 Å². The molecule has 0 aliphatic heterocycles. The molecule has 1 aromatic heterocycles. The summed E-state index contributed by atoms with van der Waals surface area (Å²) in [7, 11) is 1.93. The van der Waals surface area contributed by atoms with E-state index in [0.717, 1.165) is 18.5 Å². The van der Waals surface area contributed by atoms with Gasteiger partial charge in [0.1, 0.15) is 0 Å². The van der Waals surface area contributed by atoms with Crippen LogP contribution in [0, 0.1) is 6.92 Å². The lowest BCUT2D eigenvalue weighted by Crippen LogP contribution is -2.39. The Morgan fingerprint density at radius 1 is 1.62 bits per heavy atom. The van der Waals surface area contributed by atoms with E-state index < -0.39 is 0 Å². The molecular formula is C10H16N2O. The molecular weight excluding hydrogens is 164 g/mol. The van der Waals surface area contributed by atoms with Crippen molar-refractivity contribution in [2.24, 2.45) is 7.05 Å². The van der Waals surface area contributed by atoms with Crippen molar-refractivity contribution < 1.29 is 5.11 Å². The highest BCUT2D eigenvalue weighted by Crippen LogP contribution is 2.43. The van der Waals surface area contributed by atoms with E-state index in [4.69, 9.17) is 0 Å². The molecule has 0 atom stereocenters. The van der Waals surface area contributed by atoms with Crippen molar-refractivity contribution in [3.05, 3.63) is 17.5 Å². The third-order valence-corrected chi connectivity index (χ3v) is 3.13. The normalized spacial score (nSPS) is 19.9. The fourth-order valence-corrected chi connectivity index (χ4v) is 2.20. The highest BCUT2D eigenvalue weighted by atomic mass is 16.3. The number of hydrogen-bond acceptors (Lipinski definition) is 2. The number of aliphatic hydroxyl groups excluding tert-OH is 1. The van der Waals surface area contributed by atoms with Gasteiger partial charge in [-0.3, -0.25) is 4.68 Å². The Hall–Kier alpha value is -0.830. The molecule has 0 bridgehead atoms. The summed E-state index contributed by atoms with van der Waals surface area (Å²) >= 11 is 0. The maximum Gasteiger partial charge on any atom is 0.0738 e. The minimum absolute atomic E-state index is 0.00859. The molecule has 0 aromatic carbocycles. The fourth-order valence-electron chi connectivity index (χ4n) is 2.20. The largest absolute Gasteiger partial charge is 0.395 e. The van der Waals surface area contributed by atoms with Gasteiger partial charge in [-0.1, -0.05) is 6.42 Å². The van der Waals surface area contributed by atoms with E-state index in [-0.39, 0.29) is 12.0 Å². The SMILES string of the molecule is Cc1cn(C)nc1C1(CO)CCC1. The van der Waals surface area contributed by atoms with Gasteiger partial charge in [-0.15, -0.1) is 0 Å². The fraction of sp³-hybridized carbons (Fsp3) is 0.700. The van der Waals surface area contributed by atoms with Crippen molar-refractivity contribution in [1.29, 1.82) is 0 Å². The number of hydrogen-bond donors (Lipinski definition) is 1. The maximum absolute atomic E-state index is 9.37. The third kappa shape index (κ3) is 1.18. The second kappa shape index (κ2) is 2.84. The molecule has 2 rings (SSSR count). The first kappa shape index (κ1) is 8.75. The third-order valence-electron chi connectivity index (χ3n) is 3.13. The summed E-state index contributed by atoms with van der Waals surface area (Å²) in [6.07, 6.45) is 5.41. The highest BCUT2D eigenvalue weighted by Gasteiger charge is 2.41. The van der Waals surface area contributed by atoms with Crippen LogP contribution in [0.3, 0.4) is 0 Å². The molecule has 1 aliphatic carbocycles. The minimum atomic E-state index is -0.00859. The Kier molecular flexibility index (Phi) is 1.91. The molecule has 1 N–H and O–H groups in total. The van der Waals surface area contributed by atoms with Crippen LogP contribution in [0.4, 0.5) is 0 Å². The zero-order valence-electron chi connectivity index (χ0n) is 8.25. The zero-order valence-corrected chi connectivity index (χ0v) is 8.25. The lowest BCUT2D eigenvalue weighted by Gasteiger charge is -2.39. The standard InChI is InChI=1S/C10H16N2O/c1-8-6-12(2)11-9(8)10(7-13)4-3-5-10/h6,13H,3-5,7H2,1-2H3.